The molecule has 0 atom stereocenters. The van der Waals surface area contributed by atoms with E-state index in [9.17, 15) is 4.79 Å². The number of thiophene rings is 1. The summed E-state index contributed by atoms with van der Waals surface area (Å²) in [7, 11) is 0. The third-order valence-corrected chi connectivity index (χ3v) is 5.46. The smallest absolute Gasteiger partial charge is 0.233 e. The number of aromatic nitrogens is 3. The van der Waals surface area contributed by atoms with Gasteiger partial charge in [-0.1, -0.05) is 48.2 Å². The topological polar surface area (TPSA) is 77.0 Å². The molecule has 3 aromatic rings. The number of carbonyl (C=O) groups excluding carboxylic acids is 1. The van der Waals surface area contributed by atoms with Crippen molar-refractivity contribution in [2.24, 2.45) is 0 Å². The number of rotatable bonds is 8. The van der Waals surface area contributed by atoms with E-state index in [-0.39, 0.29) is 11.7 Å². The number of hydrogen-bond acceptors (Lipinski definition) is 6. The Labute approximate surface area is 154 Å². The maximum atomic E-state index is 12.7. The highest BCUT2D eigenvalue weighted by atomic mass is 32.2. The number of hydrogen-bond donors (Lipinski definition) is 1. The highest BCUT2D eigenvalue weighted by Crippen LogP contribution is 2.17. The van der Waals surface area contributed by atoms with Gasteiger partial charge in [-0.2, -0.15) is 0 Å². The molecule has 2 N–H and O–H groups in total. The zero-order chi connectivity index (χ0) is 17.5. The minimum atomic E-state index is 0.0670. The molecular formula is C17H19N5OS2. The van der Waals surface area contributed by atoms with Crippen LogP contribution in [0.2, 0.25) is 0 Å². The number of nitrogen functional groups attached to an aromatic ring is 1. The Kier molecular flexibility index (Phi) is 6.08. The van der Waals surface area contributed by atoms with E-state index >= 15 is 0 Å². The van der Waals surface area contributed by atoms with Gasteiger partial charge in [0.15, 0.2) is 0 Å². The Bertz CT molecular complexity index is 788. The van der Waals surface area contributed by atoms with Gasteiger partial charge in [-0.3, -0.25) is 4.79 Å². The normalized spacial score (nSPS) is 10.7. The van der Waals surface area contributed by atoms with Crippen molar-refractivity contribution < 1.29 is 4.79 Å². The molecule has 0 saturated carbocycles. The fourth-order valence-corrected chi connectivity index (χ4v) is 3.80. The van der Waals surface area contributed by atoms with E-state index in [1.807, 2.05) is 34.5 Å². The van der Waals surface area contributed by atoms with Crippen LogP contribution < -0.4 is 5.84 Å². The standard InChI is InChI=1S/C17H19N5OS2/c18-22-13-19-20-17(22)25-12-16(23)21(11-15-7-4-10-24-15)9-8-14-5-2-1-3-6-14/h1-7,10,13H,8-9,11-12,18H2. The summed E-state index contributed by atoms with van der Waals surface area (Å²) < 4.78 is 1.32. The lowest BCUT2D eigenvalue weighted by Gasteiger charge is -2.22. The molecule has 130 valence electrons. The first kappa shape index (κ1) is 17.5. The van der Waals surface area contributed by atoms with Gasteiger partial charge in [0.25, 0.3) is 0 Å². The van der Waals surface area contributed by atoms with Crippen LogP contribution in [-0.4, -0.2) is 38.0 Å². The Morgan fingerprint density at radius 2 is 2.08 bits per heavy atom. The van der Waals surface area contributed by atoms with E-state index in [2.05, 4.69) is 28.4 Å². The molecule has 0 saturated heterocycles. The van der Waals surface area contributed by atoms with Crippen molar-refractivity contribution in [2.75, 3.05) is 18.1 Å². The molecule has 2 aromatic heterocycles. The molecule has 1 amide bonds. The average Bonchev–Trinajstić information content (AvgIpc) is 3.29. The van der Waals surface area contributed by atoms with Gasteiger partial charge in [-0.15, -0.1) is 21.5 Å². The van der Waals surface area contributed by atoms with Gasteiger partial charge >= 0.3 is 0 Å². The quantitative estimate of drug-likeness (QED) is 0.485. The van der Waals surface area contributed by atoms with Gasteiger partial charge in [0.05, 0.1) is 12.3 Å². The number of amides is 1. The maximum Gasteiger partial charge on any atom is 0.233 e. The molecule has 0 aliphatic carbocycles. The first-order valence-electron chi connectivity index (χ1n) is 7.84. The second-order valence-electron chi connectivity index (χ2n) is 5.44. The van der Waals surface area contributed by atoms with Crippen molar-refractivity contribution in [1.29, 1.82) is 0 Å². The van der Waals surface area contributed by atoms with Gasteiger partial charge in [-0.25, -0.2) is 4.68 Å². The lowest BCUT2D eigenvalue weighted by molar-refractivity contribution is -0.128. The van der Waals surface area contributed by atoms with Crippen LogP contribution in [0.4, 0.5) is 0 Å². The number of nitrogens with zero attached hydrogens (tertiary/aromatic N) is 4. The molecule has 0 bridgehead atoms. The second kappa shape index (κ2) is 8.68. The molecular weight excluding hydrogens is 354 g/mol. The van der Waals surface area contributed by atoms with Crippen molar-refractivity contribution in [3.05, 3.63) is 64.6 Å². The number of carbonyl (C=O) groups is 1. The number of nitrogens with two attached hydrogens (primary N) is 1. The fraction of sp³-hybridized carbons (Fsp3) is 0.235. The second-order valence-corrected chi connectivity index (χ2v) is 7.41. The summed E-state index contributed by atoms with van der Waals surface area (Å²) in [6.07, 6.45) is 2.25. The summed E-state index contributed by atoms with van der Waals surface area (Å²) in [5, 5.41) is 10.2. The van der Waals surface area contributed by atoms with E-state index in [0.717, 1.165) is 6.42 Å². The maximum absolute atomic E-state index is 12.7. The third kappa shape index (κ3) is 5.07. The van der Waals surface area contributed by atoms with Crippen LogP contribution in [-0.2, 0) is 17.8 Å². The van der Waals surface area contributed by atoms with Gasteiger partial charge < -0.3 is 10.7 Å². The van der Waals surface area contributed by atoms with Crippen LogP contribution in [0.25, 0.3) is 0 Å². The Morgan fingerprint density at radius 1 is 1.24 bits per heavy atom. The van der Waals surface area contributed by atoms with Crippen molar-refractivity contribution in [2.45, 2.75) is 18.1 Å². The van der Waals surface area contributed by atoms with Crippen LogP contribution in [0, 0.1) is 0 Å². The zero-order valence-corrected chi connectivity index (χ0v) is 15.2. The van der Waals surface area contributed by atoms with E-state index in [1.165, 1.54) is 33.2 Å². The van der Waals surface area contributed by atoms with E-state index in [4.69, 9.17) is 5.84 Å². The number of thioether (sulfide) groups is 1. The van der Waals surface area contributed by atoms with Gasteiger partial charge in [0, 0.05) is 11.4 Å². The van der Waals surface area contributed by atoms with Crippen molar-refractivity contribution in [3.63, 3.8) is 0 Å². The predicted molar refractivity (Wildman–Crippen MR) is 101 cm³/mol. The molecule has 25 heavy (non-hydrogen) atoms. The minimum Gasteiger partial charge on any atom is -0.336 e. The summed E-state index contributed by atoms with van der Waals surface area (Å²) in [6.45, 7) is 1.30. The summed E-state index contributed by atoms with van der Waals surface area (Å²) in [4.78, 5) is 15.8. The van der Waals surface area contributed by atoms with Gasteiger partial charge in [0.1, 0.15) is 6.33 Å². The molecule has 1 aromatic carbocycles. The molecule has 8 heteroatoms. The Morgan fingerprint density at radius 3 is 2.76 bits per heavy atom. The summed E-state index contributed by atoms with van der Waals surface area (Å²) in [5.41, 5.74) is 1.22. The van der Waals surface area contributed by atoms with Gasteiger partial charge in [0.2, 0.25) is 11.1 Å². The minimum absolute atomic E-state index is 0.0670. The summed E-state index contributed by atoms with van der Waals surface area (Å²) in [5.74, 6) is 6.05. The molecule has 2 heterocycles. The summed E-state index contributed by atoms with van der Waals surface area (Å²) in [6, 6.07) is 14.3. The van der Waals surface area contributed by atoms with E-state index < -0.39 is 0 Å². The SMILES string of the molecule is Nn1cnnc1SCC(=O)N(CCc1ccccc1)Cc1cccs1. The zero-order valence-electron chi connectivity index (χ0n) is 13.6. The molecule has 0 aliphatic rings. The number of benzene rings is 1. The molecule has 0 spiro atoms. The van der Waals surface area contributed by atoms with Crippen LogP contribution in [0.3, 0.4) is 0 Å². The molecule has 3 rings (SSSR count). The Balaban J connectivity index is 1.62. The van der Waals surface area contributed by atoms with Crippen LogP contribution >= 0.6 is 23.1 Å². The molecule has 0 fully saturated rings. The van der Waals surface area contributed by atoms with Crippen LogP contribution in [0.1, 0.15) is 10.4 Å². The first-order valence-corrected chi connectivity index (χ1v) is 9.71. The highest BCUT2D eigenvalue weighted by molar-refractivity contribution is 7.99. The predicted octanol–water partition coefficient (Wildman–Crippen LogP) is 2.42. The third-order valence-electron chi connectivity index (χ3n) is 3.66. The largest absolute Gasteiger partial charge is 0.336 e. The van der Waals surface area contributed by atoms with Crippen molar-refractivity contribution in [1.82, 2.24) is 19.8 Å². The van der Waals surface area contributed by atoms with E-state index in [0.29, 0.717) is 18.2 Å². The molecule has 0 radical (unpaired) electrons. The summed E-state index contributed by atoms with van der Waals surface area (Å²) >= 11 is 2.96. The Hall–Kier alpha value is -2.32. The molecule has 6 nitrogen and oxygen atoms in total. The van der Waals surface area contributed by atoms with Crippen LogP contribution in [0.5, 0.6) is 0 Å². The van der Waals surface area contributed by atoms with Crippen LogP contribution in [0.15, 0.2) is 59.3 Å². The molecule has 0 aliphatic heterocycles. The average molecular weight is 374 g/mol. The van der Waals surface area contributed by atoms with E-state index in [1.54, 1.807) is 11.3 Å². The lowest BCUT2D eigenvalue weighted by atomic mass is 10.1. The monoisotopic (exact) mass is 373 g/mol. The van der Waals surface area contributed by atoms with Crippen molar-refractivity contribution >= 4 is 29.0 Å². The van der Waals surface area contributed by atoms with Gasteiger partial charge in [-0.05, 0) is 23.4 Å². The molecule has 0 unspecified atom stereocenters. The van der Waals surface area contributed by atoms with Crippen molar-refractivity contribution in [3.8, 4) is 0 Å². The highest BCUT2D eigenvalue weighted by Gasteiger charge is 2.16. The first-order chi connectivity index (χ1) is 12.2. The fourth-order valence-electron chi connectivity index (χ4n) is 2.34. The lowest BCUT2D eigenvalue weighted by Crippen LogP contribution is -2.33.